The molecule has 0 aliphatic rings. The van der Waals surface area contributed by atoms with Crippen molar-refractivity contribution in [2.75, 3.05) is 6.26 Å². The first-order valence-corrected chi connectivity index (χ1v) is 5.96. The zero-order valence-electron chi connectivity index (χ0n) is 8.68. The van der Waals surface area contributed by atoms with E-state index in [1.165, 1.54) is 0 Å². The summed E-state index contributed by atoms with van der Waals surface area (Å²) in [4.78, 5) is 4.29. The third kappa shape index (κ3) is 1.61. The highest BCUT2D eigenvalue weighted by molar-refractivity contribution is 7.98. The maximum atomic E-state index is 5.06. The first-order valence-electron chi connectivity index (χ1n) is 4.32. The number of rotatable bonds is 2. The van der Waals surface area contributed by atoms with Gasteiger partial charge in [0.1, 0.15) is 5.69 Å². The molecule has 0 saturated carbocycles. The molecule has 2 heterocycles. The Kier molecular flexibility index (Phi) is 2.66. The summed E-state index contributed by atoms with van der Waals surface area (Å²) in [6.45, 7) is 0. The normalized spacial score (nSPS) is 10.9. The van der Waals surface area contributed by atoms with Gasteiger partial charge in [0.2, 0.25) is 0 Å². The topological polar surface area (TPSA) is 51.4 Å². The Hall–Kier alpha value is -1.08. The van der Waals surface area contributed by atoms with E-state index in [1.54, 1.807) is 18.0 Å². The van der Waals surface area contributed by atoms with E-state index in [2.05, 4.69) is 15.2 Å². The van der Waals surface area contributed by atoms with Crippen LogP contribution >= 0.6 is 24.0 Å². The van der Waals surface area contributed by atoms with Crippen LogP contribution in [0.1, 0.15) is 0 Å². The van der Waals surface area contributed by atoms with Crippen LogP contribution < -0.4 is 0 Å². The van der Waals surface area contributed by atoms with Crippen LogP contribution in [-0.2, 0) is 14.1 Å². The van der Waals surface area contributed by atoms with Crippen LogP contribution in [0.5, 0.6) is 0 Å². The standard InChI is InChI=1S/C8H11N5S2/c1-12-5(4-9-8(12)15-3)6-10-11-7(14)13(6)2/h4H,1-3H3,(H,11,14). The Morgan fingerprint density at radius 2 is 2.13 bits per heavy atom. The molecule has 0 amide bonds. The highest BCUT2D eigenvalue weighted by Crippen LogP contribution is 2.21. The molecule has 15 heavy (non-hydrogen) atoms. The fraction of sp³-hybridized carbons (Fsp3) is 0.375. The van der Waals surface area contributed by atoms with Gasteiger partial charge in [0.05, 0.1) is 6.20 Å². The lowest BCUT2D eigenvalue weighted by Crippen LogP contribution is -1.99. The fourth-order valence-electron chi connectivity index (χ4n) is 1.37. The molecule has 7 heteroatoms. The summed E-state index contributed by atoms with van der Waals surface area (Å²) in [6, 6.07) is 0. The smallest absolute Gasteiger partial charge is 0.195 e. The molecule has 0 fully saturated rings. The molecule has 2 aromatic heterocycles. The van der Waals surface area contributed by atoms with Gasteiger partial charge in [-0.2, -0.15) is 5.10 Å². The summed E-state index contributed by atoms with van der Waals surface area (Å²) in [7, 11) is 3.85. The van der Waals surface area contributed by atoms with E-state index in [1.807, 2.05) is 29.5 Å². The highest BCUT2D eigenvalue weighted by Gasteiger charge is 2.12. The molecule has 0 aliphatic carbocycles. The van der Waals surface area contributed by atoms with Crippen LogP contribution in [0.15, 0.2) is 11.4 Å². The molecule has 0 aromatic carbocycles. The van der Waals surface area contributed by atoms with Crippen LogP contribution in [0, 0.1) is 4.77 Å². The summed E-state index contributed by atoms with van der Waals surface area (Å²) in [6.07, 6.45) is 3.80. The van der Waals surface area contributed by atoms with Crippen molar-refractivity contribution in [3.63, 3.8) is 0 Å². The Morgan fingerprint density at radius 3 is 2.60 bits per heavy atom. The molecular formula is C8H11N5S2. The van der Waals surface area contributed by atoms with E-state index >= 15 is 0 Å². The Balaban J connectivity index is 2.59. The first kappa shape index (κ1) is 10.4. The van der Waals surface area contributed by atoms with Crippen molar-refractivity contribution in [1.29, 1.82) is 0 Å². The molecule has 5 nitrogen and oxygen atoms in total. The SMILES string of the molecule is CSc1ncc(-c2n[nH]c(=S)n2C)n1C. The molecule has 0 saturated heterocycles. The van der Waals surface area contributed by atoms with Crippen LogP contribution in [0.3, 0.4) is 0 Å². The molecule has 2 rings (SSSR count). The van der Waals surface area contributed by atoms with Crippen molar-refractivity contribution in [2.24, 2.45) is 14.1 Å². The van der Waals surface area contributed by atoms with Gasteiger partial charge in [-0.25, -0.2) is 4.98 Å². The predicted molar refractivity (Wildman–Crippen MR) is 62.4 cm³/mol. The molecule has 2 aromatic rings. The van der Waals surface area contributed by atoms with Crippen LogP contribution in [0.4, 0.5) is 0 Å². The highest BCUT2D eigenvalue weighted by atomic mass is 32.2. The van der Waals surface area contributed by atoms with Gasteiger partial charge in [-0.15, -0.1) is 0 Å². The molecule has 80 valence electrons. The van der Waals surface area contributed by atoms with E-state index in [-0.39, 0.29) is 0 Å². The van der Waals surface area contributed by atoms with E-state index in [9.17, 15) is 0 Å². The summed E-state index contributed by atoms with van der Waals surface area (Å²) in [5.41, 5.74) is 0.953. The Labute approximate surface area is 96.5 Å². The molecule has 0 radical (unpaired) electrons. The van der Waals surface area contributed by atoms with Gasteiger partial charge in [-0.1, -0.05) is 11.8 Å². The second-order valence-electron chi connectivity index (χ2n) is 3.10. The number of nitrogens with one attached hydrogen (secondary N) is 1. The second-order valence-corrected chi connectivity index (χ2v) is 4.26. The van der Waals surface area contributed by atoms with Crippen molar-refractivity contribution in [3.8, 4) is 11.5 Å². The lowest BCUT2D eigenvalue weighted by Gasteiger charge is -2.02. The number of nitrogens with zero attached hydrogens (tertiary/aromatic N) is 4. The predicted octanol–water partition coefficient (Wildman–Crippen LogP) is 1.60. The molecule has 0 atom stereocenters. The lowest BCUT2D eigenvalue weighted by atomic mass is 10.4. The van der Waals surface area contributed by atoms with Crippen molar-refractivity contribution < 1.29 is 0 Å². The Bertz CT molecular complexity index is 535. The number of imidazole rings is 1. The molecule has 0 bridgehead atoms. The average molecular weight is 241 g/mol. The maximum absolute atomic E-state index is 5.06. The number of thioether (sulfide) groups is 1. The van der Waals surface area contributed by atoms with Crippen molar-refractivity contribution in [2.45, 2.75) is 5.16 Å². The third-order valence-electron chi connectivity index (χ3n) is 2.24. The van der Waals surface area contributed by atoms with E-state index < -0.39 is 0 Å². The number of H-pyrrole nitrogens is 1. The van der Waals surface area contributed by atoms with E-state index in [0.29, 0.717) is 4.77 Å². The molecule has 0 unspecified atom stereocenters. The number of hydrogen-bond donors (Lipinski definition) is 1. The largest absolute Gasteiger partial charge is 0.320 e. The first-order chi connectivity index (χ1) is 7.15. The lowest BCUT2D eigenvalue weighted by molar-refractivity contribution is 0.783. The van der Waals surface area contributed by atoms with Crippen LogP contribution in [-0.4, -0.2) is 30.6 Å². The summed E-state index contributed by atoms with van der Waals surface area (Å²) < 4.78 is 4.43. The fourth-order valence-corrected chi connectivity index (χ4v) is 2.03. The number of hydrogen-bond acceptors (Lipinski definition) is 4. The third-order valence-corrected chi connectivity index (χ3v) is 3.35. The van der Waals surface area contributed by atoms with Gasteiger partial charge in [0.25, 0.3) is 0 Å². The summed E-state index contributed by atoms with van der Waals surface area (Å²) in [5.74, 6) is 0.801. The minimum Gasteiger partial charge on any atom is -0.320 e. The van der Waals surface area contributed by atoms with Crippen LogP contribution in [0.25, 0.3) is 11.5 Å². The van der Waals surface area contributed by atoms with Gasteiger partial charge in [-0.05, 0) is 18.5 Å². The van der Waals surface area contributed by atoms with Gasteiger partial charge < -0.3 is 9.13 Å². The number of aromatic amines is 1. The maximum Gasteiger partial charge on any atom is 0.195 e. The van der Waals surface area contributed by atoms with Crippen LogP contribution in [0.2, 0.25) is 0 Å². The molecular weight excluding hydrogens is 230 g/mol. The van der Waals surface area contributed by atoms with E-state index in [0.717, 1.165) is 16.7 Å². The van der Waals surface area contributed by atoms with Gasteiger partial charge in [0, 0.05) is 14.1 Å². The monoisotopic (exact) mass is 241 g/mol. The number of aromatic nitrogens is 5. The van der Waals surface area contributed by atoms with Crippen molar-refractivity contribution in [1.82, 2.24) is 24.3 Å². The van der Waals surface area contributed by atoms with Gasteiger partial charge in [-0.3, -0.25) is 5.10 Å². The zero-order chi connectivity index (χ0) is 11.0. The Morgan fingerprint density at radius 1 is 1.40 bits per heavy atom. The second kappa shape index (κ2) is 3.82. The summed E-state index contributed by atoms with van der Waals surface area (Å²) >= 11 is 6.66. The van der Waals surface area contributed by atoms with E-state index in [4.69, 9.17) is 12.2 Å². The summed E-state index contributed by atoms with van der Waals surface area (Å²) in [5, 5.41) is 7.88. The average Bonchev–Trinajstić information content (AvgIpc) is 2.73. The quantitative estimate of drug-likeness (QED) is 0.641. The minimum atomic E-state index is 0.608. The van der Waals surface area contributed by atoms with Gasteiger partial charge in [0.15, 0.2) is 15.8 Å². The zero-order valence-corrected chi connectivity index (χ0v) is 10.3. The molecule has 0 spiro atoms. The van der Waals surface area contributed by atoms with Gasteiger partial charge >= 0.3 is 0 Å². The minimum absolute atomic E-state index is 0.608. The van der Waals surface area contributed by atoms with Crippen molar-refractivity contribution in [3.05, 3.63) is 11.0 Å². The molecule has 0 aliphatic heterocycles. The van der Waals surface area contributed by atoms with Crippen molar-refractivity contribution >= 4 is 24.0 Å². The molecule has 1 N–H and O–H groups in total.